The average molecular weight is 276 g/mol. The molecule has 6 nitrogen and oxygen atoms in total. The molecule has 0 aliphatic carbocycles. The third-order valence-electron chi connectivity index (χ3n) is 2.79. The quantitative estimate of drug-likeness (QED) is 0.686. The fraction of sp³-hybridized carbons (Fsp3) is 0.231. The van der Waals surface area contributed by atoms with Crippen molar-refractivity contribution in [2.75, 3.05) is 11.9 Å². The molecule has 0 aliphatic rings. The maximum Gasteiger partial charge on any atom is 0.337 e. The minimum Gasteiger partial charge on any atom is -0.365 e. The van der Waals surface area contributed by atoms with Crippen molar-refractivity contribution in [2.45, 2.75) is 13.8 Å². The summed E-state index contributed by atoms with van der Waals surface area (Å²) in [5, 5.41) is 14.0. The minimum atomic E-state index is -0.564. The van der Waals surface area contributed by atoms with Crippen LogP contribution in [0, 0.1) is 22.9 Å². The predicted molar refractivity (Wildman–Crippen MR) is 73.0 cm³/mol. The first-order chi connectivity index (χ1) is 9.54. The summed E-state index contributed by atoms with van der Waals surface area (Å²) in [7, 11) is 0. The molecule has 0 amide bonds. The number of aryl methyl sites for hydroxylation is 1. The Morgan fingerprint density at radius 3 is 2.75 bits per heavy atom. The van der Waals surface area contributed by atoms with Gasteiger partial charge < -0.3 is 5.32 Å². The lowest BCUT2D eigenvalue weighted by Crippen LogP contribution is -2.06. The first-order valence-corrected chi connectivity index (χ1v) is 6.04. The van der Waals surface area contributed by atoms with Gasteiger partial charge in [-0.05, 0) is 25.5 Å². The molecule has 0 unspecified atom stereocenters. The summed E-state index contributed by atoms with van der Waals surface area (Å²) in [6.45, 7) is 3.91. The number of nitro groups is 1. The molecule has 0 spiro atoms. The number of halogens is 1. The first-order valence-electron chi connectivity index (χ1n) is 6.04. The summed E-state index contributed by atoms with van der Waals surface area (Å²) in [5.74, 6) is -0.302. The van der Waals surface area contributed by atoms with Crippen LogP contribution in [-0.2, 0) is 0 Å². The molecule has 0 radical (unpaired) electrons. The zero-order chi connectivity index (χ0) is 14.7. The summed E-state index contributed by atoms with van der Waals surface area (Å²) in [6, 6.07) is 4.40. The van der Waals surface area contributed by atoms with E-state index >= 15 is 0 Å². The van der Waals surface area contributed by atoms with Gasteiger partial charge in [-0.15, -0.1) is 0 Å². The standard InChI is InChI=1S/C13H13FN4O2/c1-3-15-13-12(18(19)20)11(16-7-17-13)9-5-4-8(2)10(14)6-9/h4-7H,3H2,1-2H3,(H,15,16,17). The van der Waals surface area contributed by atoms with Crippen molar-refractivity contribution >= 4 is 11.5 Å². The molecule has 0 atom stereocenters. The lowest BCUT2D eigenvalue weighted by atomic mass is 10.1. The smallest absolute Gasteiger partial charge is 0.337 e. The van der Waals surface area contributed by atoms with E-state index in [-0.39, 0.29) is 17.2 Å². The lowest BCUT2D eigenvalue weighted by molar-refractivity contribution is -0.383. The Hall–Kier alpha value is -2.57. The molecule has 0 saturated heterocycles. The minimum absolute atomic E-state index is 0.0971. The second-order valence-electron chi connectivity index (χ2n) is 4.17. The van der Waals surface area contributed by atoms with Crippen LogP contribution >= 0.6 is 0 Å². The molecule has 7 heteroatoms. The van der Waals surface area contributed by atoms with Gasteiger partial charge in [-0.25, -0.2) is 14.4 Å². The highest BCUT2D eigenvalue weighted by Gasteiger charge is 2.23. The maximum absolute atomic E-state index is 13.6. The number of hydrogen-bond acceptors (Lipinski definition) is 5. The van der Waals surface area contributed by atoms with E-state index in [0.29, 0.717) is 17.7 Å². The Labute approximate surface area is 114 Å². The van der Waals surface area contributed by atoms with Crippen molar-refractivity contribution in [1.29, 1.82) is 0 Å². The normalized spacial score (nSPS) is 10.3. The molecule has 104 valence electrons. The third kappa shape index (κ3) is 2.56. The van der Waals surface area contributed by atoms with Gasteiger partial charge in [0.15, 0.2) is 5.69 Å². The molecule has 0 saturated carbocycles. The molecule has 20 heavy (non-hydrogen) atoms. The fourth-order valence-corrected chi connectivity index (χ4v) is 1.80. The number of nitrogens with one attached hydrogen (secondary N) is 1. The van der Waals surface area contributed by atoms with Crippen LogP contribution in [0.15, 0.2) is 24.5 Å². The summed E-state index contributed by atoms with van der Waals surface area (Å²) in [6.07, 6.45) is 1.22. The number of rotatable bonds is 4. The van der Waals surface area contributed by atoms with Crippen molar-refractivity contribution in [3.63, 3.8) is 0 Å². The highest BCUT2D eigenvalue weighted by Crippen LogP contribution is 2.33. The van der Waals surface area contributed by atoms with Crippen LogP contribution in [-0.4, -0.2) is 21.4 Å². The SMILES string of the molecule is CCNc1ncnc(-c2ccc(C)c(F)c2)c1[N+](=O)[O-]. The van der Waals surface area contributed by atoms with Crippen LogP contribution in [0.5, 0.6) is 0 Å². The van der Waals surface area contributed by atoms with E-state index in [9.17, 15) is 14.5 Å². The topological polar surface area (TPSA) is 81.0 Å². The Kier molecular flexibility index (Phi) is 3.88. The Morgan fingerprint density at radius 2 is 2.15 bits per heavy atom. The highest BCUT2D eigenvalue weighted by molar-refractivity contribution is 5.76. The summed E-state index contributed by atoms with van der Waals surface area (Å²) >= 11 is 0. The van der Waals surface area contributed by atoms with Crippen molar-refractivity contribution in [3.05, 3.63) is 46.0 Å². The van der Waals surface area contributed by atoms with Gasteiger partial charge in [0.05, 0.1) is 4.92 Å². The molecule has 2 rings (SSSR count). The molecule has 0 aliphatic heterocycles. The van der Waals surface area contributed by atoms with E-state index in [1.54, 1.807) is 26.0 Å². The molecule has 2 aromatic rings. The monoisotopic (exact) mass is 276 g/mol. The molecule has 1 aromatic carbocycles. The van der Waals surface area contributed by atoms with Crippen molar-refractivity contribution in [1.82, 2.24) is 9.97 Å². The van der Waals surface area contributed by atoms with Crippen LogP contribution in [0.4, 0.5) is 15.9 Å². The summed E-state index contributed by atoms with van der Waals surface area (Å²) in [5.41, 5.74) is 0.663. The second kappa shape index (κ2) is 5.60. The van der Waals surface area contributed by atoms with E-state index in [0.717, 1.165) is 0 Å². The van der Waals surface area contributed by atoms with E-state index in [1.807, 2.05) is 0 Å². The summed E-state index contributed by atoms with van der Waals surface area (Å²) < 4.78 is 13.6. The number of aromatic nitrogens is 2. The number of anilines is 1. The number of hydrogen-bond donors (Lipinski definition) is 1. The van der Waals surface area contributed by atoms with Crippen LogP contribution < -0.4 is 5.32 Å². The maximum atomic E-state index is 13.6. The lowest BCUT2D eigenvalue weighted by Gasteiger charge is -2.07. The third-order valence-corrected chi connectivity index (χ3v) is 2.79. The Balaban J connectivity index is 2.63. The van der Waals surface area contributed by atoms with E-state index < -0.39 is 10.7 Å². The zero-order valence-corrected chi connectivity index (χ0v) is 11.1. The zero-order valence-electron chi connectivity index (χ0n) is 11.1. The largest absolute Gasteiger partial charge is 0.365 e. The molecule has 0 bridgehead atoms. The Morgan fingerprint density at radius 1 is 1.40 bits per heavy atom. The average Bonchev–Trinajstić information content (AvgIpc) is 2.42. The predicted octanol–water partition coefficient (Wildman–Crippen LogP) is 2.93. The van der Waals surface area contributed by atoms with Gasteiger partial charge in [-0.1, -0.05) is 12.1 Å². The molecule has 0 fully saturated rings. The van der Waals surface area contributed by atoms with Crippen LogP contribution in [0.3, 0.4) is 0 Å². The molecular weight excluding hydrogens is 263 g/mol. The summed E-state index contributed by atoms with van der Waals surface area (Å²) in [4.78, 5) is 18.5. The fourth-order valence-electron chi connectivity index (χ4n) is 1.80. The molecular formula is C13H13FN4O2. The Bertz CT molecular complexity index is 661. The van der Waals surface area contributed by atoms with Crippen LogP contribution in [0.2, 0.25) is 0 Å². The first kappa shape index (κ1) is 13.9. The van der Waals surface area contributed by atoms with Gasteiger partial charge in [0.25, 0.3) is 0 Å². The van der Waals surface area contributed by atoms with E-state index in [4.69, 9.17) is 0 Å². The molecule has 1 N–H and O–H groups in total. The second-order valence-corrected chi connectivity index (χ2v) is 4.17. The van der Waals surface area contributed by atoms with E-state index in [1.165, 1.54) is 12.4 Å². The van der Waals surface area contributed by atoms with E-state index in [2.05, 4.69) is 15.3 Å². The van der Waals surface area contributed by atoms with Crippen molar-refractivity contribution < 1.29 is 9.31 Å². The highest BCUT2D eigenvalue weighted by atomic mass is 19.1. The van der Waals surface area contributed by atoms with Gasteiger partial charge >= 0.3 is 5.69 Å². The van der Waals surface area contributed by atoms with Crippen molar-refractivity contribution in [3.8, 4) is 11.3 Å². The van der Waals surface area contributed by atoms with Crippen LogP contribution in [0.1, 0.15) is 12.5 Å². The van der Waals surface area contributed by atoms with Gasteiger partial charge in [0.2, 0.25) is 5.82 Å². The van der Waals surface area contributed by atoms with Gasteiger partial charge in [-0.3, -0.25) is 10.1 Å². The number of benzene rings is 1. The van der Waals surface area contributed by atoms with Crippen molar-refractivity contribution in [2.24, 2.45) is 0 Å². The molecule has 1 aromatic heterocycles. The molecule has 1 heterocycles. The van der Waals surface area contributed by atoms with Gasteiger partial charge in [0, 0.05) is 12.1 Å². The van der Waals surface area contributed by atoms with Gasteiger partial charge in [-0.2, -0.15) is 0 Å². The van der Waals surface area contributed by atoms with Gasteiger partial charge in [0.1, 0.15) is 12.1 Å². The van der Waals surface area contributed by atoms with Crippen LogP contribution in [0.25, 0.3) is 11.3 Å². The number of nitrogens with zero attached hydrogens (tertiary/aromatic N) is 3.